The van der Waals surface area contributed by atoms with Crippen LogP contribution in [0.4, 0.5) is 5.82 Å². The van der Waals surface area contributed by atoms with Crippen molar-refractivity contribution in [2.24, 2.45) is 0 Å². The molecule has 0 fully saturated rings. The van der Waals surface area contributed by atoms with E-state index < -0.39 is 0 Å². The Kier molecular flexibility index (Phi) is 7.35. The van der Waals surface area contributed by atoms with Crippen LogP contribution < -0.4 is 24.2 Å². The van der Waals surface area contributed by atoms with Gasteiger partial charge in [0.15, 0.2) is 0 Å². The number of hydrogen-bond donors (Lipinski definition) is 1. The molecule has 0 atom stereocenters. The average molecular weight is 215 g/mol. The van der Waals surface area contributed by atoms with E-state index in [2.05, 4.69) is 31.1 Å². The third-order valence-electron chi connectivity index (χ3n) is 1.69. The molecule has 0 bridgehead atoms. The Balaban J connectivity index is 0. The molecule has 2 N–H and O–H groups in total. The Morgan fingerprint density at radius 1 is 1.38 bits per heavy atom. The molecule has 0 amide bonds. The largest absolute Gasteiger partial charge is 1.00 e. The third kappa shape index (κ3) is 5.31. The van der Waals surface area contributed by atoms with Gasteiger partial charge in [-0.05, 0) is 27.7 Å². The maximum Gasteiger partial charge on any atom is 1.00 e. The van der Waals surface area contributed by atoms with Gasteiger partial charge in [-0.25, -0.2) is 0 Å². The van der Waals surface area contributed by atoms with Crippen LogP contribution in [0, 0.1) is 6.92 Å². The van der Waals surface area contributed by atoms with Gasteiger partial charge in [-0.15, -0.1) is 5.56 Å². The molecular weight excluding hydrogens is 199 g/mol. The molecule has 0 aromatic carbocycles. The Morgan fingerprint density at radius 3 is 2.31 bits per heavy atom. The van der Waals surface area contributed by atoms with Crippen LogP contribution in [0.1, 0.15) is 31.9 Å². The van der Waals surface area contributed by atoms with Crippen LogP contribution in [-0.2, 0) is 4.79 Å². The van der Waals surface area contributed by atoms with Crippen molar-refractivity contribution >= 4 is 12.1 Å². The fraction of sp³-hybridized carbons (Fsp3) is 0.455. The minimum absolute atomic E-state index is 0. The van der Waals surface area contributed by atoms with Crippen LogP contribution in [0.15, 0.2) is 12.3 Å². The SMILES string of the molecule is Cc1cc([C-]=O)cnc1NC(C)(C)C.[Li+].[OH-]. The van der Waals surface area contributed by atoms with E-state index in [1.165, 1.54) is 6.20 Å². The summed E-state index contributed by atoms with van der Waals surface area (Å²) in [5, 5.41) is 3.26. The van der Waals surface area contributed by atoms with Gasteiger partial charge in [-0.2, -0.15) is 6.07 Å². The van der Waals surface area contributed by atoms with Crippen molar-refractivity contribution in [1.82, 2.24) is 4.98 Å². The summed E-state index contributed by atoms with van der Waals surface area (Å²) in [5.74, 6) is 0.816. The minimum Gasteiger partial charge on any atom is -0.870 e. The van der Waals surface area contributed by atoms with Crippen LogP contribution in [0.25, 0.3) is 0 Å². The third-order valence-corrected chi connectivity index (χ3v) is 1.69. The molecule has 0 saturated carbocycles. The summed E-state index contributed by atoms with van der Waals surface area (Å²) in [6, 6.07) is 1.77. The fourth-order valence-corrected chi connectivity index (χ4v) is 1.12. The number of aryl methyl sites for hydroxylation is 1. The Hall–Kier alpha value is -0.823. The first-order valence-electron chi connectivity index (χ1n) is 4.55. The molecule has 4 nitrogen and oxygen atoms in total. The van der Waals surface area contributed by atoms with E-state index in [4.69, 9.17) is 0 Å². The number of nitrogens with zero attached hydrogens (tertiary/aromatic N) is 1. The Labute approximate surface area is 108 Å². The zero-order valence-corrected chi connectivity index (χ0v) is 10.5. The first-order valence-corrected chi connectivity index (χ1v) is 4.55. The molecular formula is C11H16LiN2O2-. The summed E-state index contributed by atoms with van der Waals surface area (Å²) in [5.41, 5.74) is 1.42. The second-order valence-corrected chi connectivity index (χ2v) is 4.37. The van der Waals surface area contributed by atoms with Crippen molar-refractivity contribution in [2.45, 2.75) is 33.2 Å². The summed E-state index contributed by atoms with van der Waals surface area (Å²) in [6.07, 6.45) is 3.34. The smallest absolute Gasteiger partial charge is 0.870 e. The molecule has 0 aliphatic rings. The van der Waals surface area contributed by atoms with E-state index in [1.54, 1.807) is 6.07 Å². The van der Waals surface area contributed by atoms with Crippen molar-refractivity contribution in [2.75, 3.05) is 5.32 Å². The molecule has 0 aliphatic carbocycles. The van der Waals surface area contributed by atoms with Crippen LogP contribution in [0.5, 0.6) is 0 Å². The van der Waals surface area contributed by atoms with Gasteiger partial charge in [0.2, 0.25) is 0 Å². The number of carbonyl (C=O) groups excluding carboxylic acids is 1. The van der Waals surface area contributed by atoms with Crippen molar-refractivity contribution in [3.05, 3.63) is 23.4 Å². The van der Waals surface area contributed by atoms with Gasteiger partial charge in [0.25, 0.3) is 0 Å². The normalized spacial score (nSPS) is 9.75. The fourth-order valence-electron chi connectivity index (χ4n) is 1.12. The standard InChI is InChI=1S/C11H15N2O.Li.H2O/c1-8-5-9(7-14)6-12-10(8)13-11(2,3)4;;/h5-6H,1-4H3,(H,12,13);;1H2/q-1;+1;/p-1. The van der Waals surface area contributed by atoms with Crippen LogP contribution >= 0.6 is 0 Å². The van der Waals surface area contributed by atoms with Gasteiger partial charge < -0.3 is 20.6 Å². The second kappa shape index (κ2) is 6.69. The van der Waals surface area contributed by atoms with Gasteiger partial charge in [0.05, 0.1) is 6.29 Å². The quantitative estimate of drug-likeness (QED) is 0.501. The maximum absolute atomic E-state index is 10.4. The van der Waals surface area contributed by atoms with Crippen LogP contribution in [0.2, 0.25) is 0 Å². The molecule has 84 valence electrons. The Bertz CT molecular complexity index is 348. The van der Waals surface area contributed by atoms with Gasteiger partial charge >= 0.3 is 18.9 Å². The van der Waals surface area contributed by atoms with E-state index in [1.807, 2.05) is 13.2 Å². The molecule has 16 heavy (non-hydrogen) atoms. The van der Waals surface area contributed by atoms with Crippen LogP contribution in [0.3, 0.4) is 0 Å². The molecule has 1 aromatic rings. The van der Waals surface area contributed by atoms with Crippen molar-refractivity contribution < 1.29 is 29.1 Å². The van der Waals surface area contributed by atoms with E-state index in [0.29, 0.717) is 5.56 Å². The zero-order chi connectivity index (χ0) is 10.8. The summed E-state index contributed by atoms with van der Waals surface area (Å²) >= 11 is 0. The maximum atomic E-state index is 10.4. The summed E-state index contributed by atoms with van der Waals surface area (Å²) < 4.78 is 0. The molecule has 1 aromatic heterocycles. The van der Waals surface area contributed by atoms with Gasteiger partial charge in [-0.1, -0.05) is 11.8 Å². The second-order valence-electron chi connectivity index (χ2n) is 4.37. The molecule has 0 spiro atoms. The van der Waals surface area contributed by atoms with Crippen molar-refractivity contribution in [3.8, 4) is 0 Å². The monoisotopic (exact) mass is 215 g/mol. The predicted octanol–water partition coefficient (Wildman–Crippen LogP) is -1.11. The first kappa shape index (κ1) is 17.6. The van der Waals surface area contributed by atoms with Gasteiger partial charge in [0, 0.05) is 5.54 Å². The topological polar surface area (TPSA) is 72.0 Å². The van der Waals surface area contributed by atoms with E-state index in [-0.39, 0.29) is 29.9 Å². The number of aromatic nitrogens is 1. The summed E-state index contributed by atoms with van der Waals surface area (Å²) in [6.45, 7) is 8.11. The van der Waals surface area contributed by atoms with Gasteiger partial charge in [-0.3, -0.25) is 0 Å². The zero-order valence-electron chi connectivity index (χ0n) is 10.5. The number of hydrogen-bond acceptors (Lipinski definition) is 4. The molecule has 5 heteroatoms. The van der Waals surface area contributed by atoms with E-state index in [0.717, 1.165) is 11.4 Å². The minimum atomic E-state index is -0.0236. The van der Waals surface area contributed by atoms with Crippen LogP contribution in [-0.4, -0.2) is 22.3 Å². The molecule has 0 saturated heterocycles. The molecule has 0 unspecified atom stereocenters. The average Bonchev–Trinajstić information content (AvgIpc) is 2.06. The Morgan fingerprint density at radius 2 is 1.94 bits per heavy atom. The molecule has 0 aliphatic heterocycles. The van der Waals surface area contributed by atoms with E-state index >= 15 is 0 Å². The van der Waals surface area contributed by atoms with Gasteiger partial charge in [0.1, 0.15) is 5.82 Å². The summed E-state index contributed by atoms with van der Waals surface area (Å²) in [7, 11) is 0. The first-order chi connectivity index (χ1) is 6.42. The number of anilines is 1. The van der Waals surface area contributed by atoms with Crippen molar-refractivity contribution in [3.63, 3.8) is 0 Å². The van der Waals surface area contributed by atoms with E-state index in [9.17, 15) is 4.79 Å². The molecule has 1 rings (SSSR count). The van der Waals surface area contributed by atoms with Crippen molar-refractivity contribution in [1.29, 1.82) is 0 Å². The molecule has 0 radical (unpaired) electrons. The number of pyridine rings is 1. The molecule has 1 heterocycles. The summed E-state index contributed by atoms with van der Waals surface area (Å²) in [4.78, 5) is 14.5. The number of nitrogens with one attached hydrogen (secondary N) is 1. The predicted molar refractivity (Wildman–Crippen MR) is 59.1 cm³/mol. The number of rotatable bonds is 2.